The van der Waals surface area contributed by atoms with E-state index in [0.29, 0.717) is 18.0 Å². The Morgan fingerprint density at radius 1 is 1.07 bits per heavy atom. The van der Waals surface area contributed by atoms with Crippen molar-refractivity contribution >= 4 is 27.5 Å². The minimum absolute atomic E-state index is 0.0880. The number of hydrogen-bond acceptors (Lipinski definition) is 3. The van der Waals surface area contributed by atoms with E-state index in [-0.39, 0.29) is 23.3 Å². The maximum atomic E-state index is 13.4. The number of hydrogen-bond donors (Lipinski definition) is 1. The molecule has 1 N–H and O–H groups in total. The van der Waals surface area contributed by atoms with E-state index < -0.39 is 16.1 Å². The van der Waals surface area contributed by atoms with E-state index in [9.17, 15) is 13.2 Å². The Bertz CT molecular complexity index is 985. The van der Waals surface area contributed by atoms with Gasteiger partial charge in [-0.2, -0.15) is 4.31 Å². The van der Waals surface area contributed by atoms with Crippen LogP contribution in [0.1, 0.15) is 49.3 Å². The molecule has 1 heterocycles. The van der Waals surface area contributed by atoms with Crippen LogP contribution in [0.3, 0.4) is 0 Å². The zero-order valence-corrected chi connectivity index (χ0v) is 17.8. The Labute approximate surface area is 177 Å². The Balaban J connectivity index is 1.64. The van der Waals surface area contributed by atoms with Crippen LogP contribution in [0.4, 0.5) is 0 Å². The number of nitrogens with one attached hydrogen (secondary N) is 1. The maximum absolute atomic E-state index is 13.4. The molecule has 5 nitrogen and oxygen atoms in total. The lowest BCUT2D eigenvalue weighted by Crippen LogP contribution is -2.43. The monoisotopic (exact) mass is 432 g/mol. The summed E-state index contributed by atoms with van der Waals surface area (Å²) < 4.78 is 28.3. The minimum atomic E-state index is -3.75. The summed E-state index contributed by atoms with van der Waals surface area (Å²) >= 11 is 5.93. The van der Waals surface area contributed by atoms with Gasteiger partial charge in [0.15, 0.2) is 0 Å². The number of fused-ring (bicyclic) bond motifs is 1. The van der Waals surface area contributed by atoms with Gasteiger partial charge in [-0.1, -0.05) is 48.7 Å². The van der Waals surface area contributed by atoms with Gasteiger partial charge in [0, 0.05) is 24.0 Å². The zero-order chi connectivity index (χ0) is 20.4. The van der Waals surface area contributed by atoms with Gasteiger partial charge in [0.1, 0.15) is 0 Å². The first-order valence-electron chi connectivity index (χ1n) is 10.1. The highest BCUT2D eigenvalue weighted by Crippen LogP contribution is 2.36. The number of rotatable bonds is 5. The number of carbonyl (C=O) groups is 1. The molecule has 0 aromatic heterocycles. The topological polar surface area (TPSA) is 66.5 Å². The largest absolute Gasteiger partial charge is 0.353 e. The highest BCUT2D eigenvalue weighted by atomic mass is 35.5. The fourth-order valence-corrected chi connectivity index (χ4v) is 6.13. The second-order valence-corrected chi connectivity index (χ2v) is 10.1. The van der Waals surface area contributed by atoms with Gasteiger partial charge in [0.2, 0.25) is 15.9 Å². The van der Waals surface area contributed by atoms with Crippen LogP contribution in [0, 0.1) is 0 Å². The van der Waals surface area contributed by atoms with Crippen molar-refractivity contribution in [2.45, 2.75) is 55.5 Å². The summed E-state index contributed by atoms with van der Waals surface area (Å²) in [4.78, 5) is 13.0. The fraction of sp³-hybridized carbons (Fsp3) is 0.409. The van der Waals surface area contributed by atoms with Crippen molar-refractivity contribution in [1.29, 1.82) is 0 Å². The molecule has 29 heavy (non-hydrogen) atoms. The van der Waals surface area contributed by atoms with Gasteiger partial charge in [-0.05, 0) is 54.7 Å². The van der Waals surface area contributed by atoms with Gasteiger partial charge in [0.25, 0.3) is 0 Å². The van der Waals surface area contributed by atoms with Crippen molar-refractivity contribution in [3.8, 4) is 0 Å². The third-order valence-electron chi connectivity index (χ3n) is 5.88. The van der Waals surface area contributed by atoms with Gasteiger partial charge in [-0.3, -0.25) is 4.79 Å². The average molecular weight is 433 g/mol. The summed E-state index contributed by atoms with van der Waals surface area (Å²) in [6.07, 6.45) is 5.02. The summed E-state index contributed by atoms with van der Waals surface area (Å²) in [5.41, 5.74) is 2.02. The molecule has 0 radical (unpaired) electrons. The molecule has 1 atom stereocenters. The van der Waals surface area contributed by atoms with E-state index in [1.165, 1.54) is 16.4 Å². The van der Waals surface area contributed by atoms with E-state index in [0.717, 1.165) is 36.8 Å². The quantitative estimate of drug-likeness (QED) is 0.774. The smallest absolute Gasteiger partial charge is 0.243 e. The SMILES string of the molecule is O=C(CC1c2ccccc2CCN1S(=O)(=O)c1ccc(Cl)cc1)NC1CCCC1. The molecular weight excluding hydrogens is 408 g/mol. The summed E-state index contributed by atoms with van der Waals surface area (Å²) in [7, 11) is -3.75. The van der Waals surface area contributed by atoms with Crippen molar-refractivity contribution in [2.75, 3.05) is 6.54 Å². The third-order valence-corrected chi connectivity index (χ3v) is 8.06. The first kappa shape index (κ1) is 20.4. The zero-order valence-electron chi connectivity index (χ0n) is 16.2. The summed E-state index contributed by atoms with van der Waals surface area (Å²) in [6.45, 7) is 0.351. The molecule has 154 valence electrons. The van der Waals surface area contributed by atoms with Crippen LogP contribution in [-0.4, -0.2) is 31.2 Å². The van der Waals surface area contributed by atoms with Crippen LogP contribution in [0.2, 0.25) is 5.02 Å². The number of nitrogens with zero attached hydrogens (tertiary/aromatic N) is 1. The summed E-state index contributed by atoms with van der Waals surface area (Å²) in [6, 6.07) is 13.7. The lowest BCUT2D eigenvalue weighted by Gasteiger charge is -2.36. The number of benzene rings is 2. The second kappa shape index (κ2) is 8.46. The van der Waals surface area contributed by atoms with Gasteiger partial charge >= 0.3 is 0 Å². The molecule has 2 aromatic rings. The predicted molar refractivity (Wildman–Crippen MR) is 113 cm³/mol. The molecular formula is C22H25ClN2O3S. The standard InChI is InChI=1S/C22H25ClN2O3S/c23-17-9-11-19(12-10-17)29(27,28)25-14-13-16-5-1-4-8-20(16)21(25)15-22(26)24-18-6-2-3-7-18/h1,4-5,8-12,18,21H,2-3,6-7,13-15H2,(H,24,26). The number of sulfonamides is 1. The second-order valence-electron chi connectivity index (χ2n) is 7.79. The van der Waals surface area contributed by atoms with Crippen molar-refractivity contribution < 1.29 is 13.2 Å². The van der Waals surface area contributed by atoms with E-state index in [1.807, 2.05) is 24.3 Å². The molecule has 0 spiro atoms. The molecule has 0 bridgehead atoms. The van der Waals surface area contributed by atoms with E-state index in [2.05, 4.69) is 5.32 Å². The molecule has 1 saturated carbocycles. The van der Waals surface area contributed by atoms with Crippen LogP contribution in [0.5, 0.6) is 0 Å². The van der Waals surface area contributed by atoms with E-state index in [1.54, 1.807) is 12.1 Å². The number of amides is 1. The lowest BCUT2D eigenvalue weighted by molar-refractivity contribution is -0.122. The normalized spacial score (nSPS) is 20.4. The molecule has 1 aliphatic carbocycles. The molecule has 1 unspecified atom stereocenters. The molecule has 1 aliphatic heterocycles. The lowest BCUT2D eigenvalue weighted by atomic mass is 9.92. The van der Waals surface area contributed by atoms with Crippen molar-refractivity contribution in [3.63, 3.8) is 0 Å². The maximum Gasteiger partial charge on any atom is 0.243 e. The highest BCUT2D eigenvalue weighted by Gasteiger charge is 2.37. The first-order valence-corrected chi connectivity index (χ1v) is 11.9. The van der Waals surface area contributed by atoms with Gasteiger partial charge in [0.05, 0.1) is 10.9 Å². The number of halogens is 1. The molecule has 4 rings (SSSR count). The van der Waals surface area contributed by atoms with Crippen LogP contribution < -0.4 is 5.32 Å². The molecule has 1 fully saturated rings. The van der Waals surface area contributed by atoms with Gasteiger partial charge < -0.3 is 5.32 Å². The fourth-order valence-electron chi connectivity index (χ4n) is 4.40. The Kier molecular flexibility index (Phi) is 5.95. The van der Waals surface area contributed by atoms with Gasteiger partial charge in [-0.25, -0.2) is 8.42 Å². The molecule has 2 aliphatic rings. The van der Waals surface area contributed by atoms with Crippen molar-refractivity contribution in [3.05, 3.63) is 64.7 Å². The Hall–Kier alpha value is -1.89. The summed E-state index contributed by atoms with van der Waals surface area (Å²) in [5.74, 6) is -0.0880. The van der Waals surface area contributed by atoms with Gasteiger partial charge in [-0.15, -0.1) is 0 Å². The Morgan fingerprint density at radius 2 is 1.76 bits per heavy atom. The minimum Gasteiger partial charge on any atom is -0.353 e. The Morgan fingerprint density at radius 3 is 2.48 bits per heavy atom. The van der Waals surface area contributed by atoms with E-state index >= 15 is 0 Å². The summed E-state index contributed by atoms with van der Waals surface area (Å²) in [5, 5.41) is 3.58. The molecule has 7 heteroatoms. The van der Waals surface area contributed by atoms with Crippen molar-refractivity contribution in [2.24, 2.45) is 0 Å². The van der Waals surface area contributed by atoms with Crippen LogP contribution >= 0.6 is 11.6 Å². The van der Waals surface area contributed by atoms with Crippen LogP contribution in [0.15, 0.2) is 53.4 Å². The van der Waals surface area contributed by atoms with Crippen LogP contribution in [-0.2, 0) is 21.2 Å². The van der Waals surface area contributed by atoms with E-state index in [4.69, 9.17) is 11.6 Å². The molecule has 2 aromatic carbocycles. The molecule has 1 amide bonds. The number of carbonyl (C=O) groups excluding carboxylic acids is 1. The first-order chi connectivity index (χ1) is 13.9. The highest BCUT2D eigenvalue weighted by molar-refractivity contribution is 7.89. The predicted octanol–water partition coefficient (Wildman–Crippen LogP) is 4.08. The average Bonchev–Trinajstić information content (AvgIpc) is 3.21. The molecule has 0 saturated heterocycles. The van der Waals surface area contributed by atoms with Crippen molar-refractivity contribution in [1.82, 2.24) is 9.62 Å². The van der Waals surface area contributed by atoms with Crippen LogP contribution in [0.25, 0.3) is 0 Å². The third kappa shape index (κ3) is 4.34.